The minimum absolute atomic E-state index is 0.104. The Balaban J connectivity index is 2.56. The lowest BCUT2D eigenvalue weighted by Gasteiger charge is -2.27. The molecule has 0 aliphatic heterocycles. The summed E-state index contributed by atoms with van der Waals surface area (Å²) in [6, 6.07) is 8.02. The normalized spacial score (nSPS) is 12.7. The van der Waals surface area contributed by atoms with Crippen molar-refractivity contribution in [3.8, 4) is 5.75 Å². The van der Waals surface area contributed by atoms with Gasteiger partial charge in [-0.05, 0) is 35.4 Å². The van der Waals surface area contributed by atoms with Crippen molar-refractivity contribution in [2.24, 2.45) is 10.8 Å². The summed E-state index contributed by atoms with van der Waals surface area (Å²) in [5.74, 6) is 0.851. The molecule has 0 saturated heterocycles. The van der Waals surface area contributed by atoms with Gasteiger partial charge < -0.3 is 14.2 Å². The first-order chi connectivity index (χ1) is 10.1. The maximum atomic E-state index is 5.91. The summed E-state index contributed by atoms with van der Waals surface area (Å²) < 4.78 is 17.6. The average molecular weight is 308 g/mol. The quantitative estimate of drug-likeness (QED) is 0.676. The lowest BCUT2D eigenvalue weighted by molar-refractivity contribution is -0.182. The molecule has 3 heteroatoms. The van der Waals surface area contributed by atoms with Crippen LogP contribution in [-0.2, 0) is 9.47 Å². The van der Waals surface area contributed by atoms with E-state index in [4.69, 9.17) is 14.2 Å². The lowest BCUT2D eigenvalue weighted by Crippen LogP contribution is -2.32. The molecule has 1 rings (SSSR count). The second kappa shape index (κ2) is 7.98. The van der Waals surface area contributed by atoms with E-state index in [0.29, 0.717) is 19.8 Å². The summed E-state index contributed by atoms with van der Waals surface area (Å²) in [6.45, 7) is 16.6. The molecule has 3 nitrogen and oxygen atoms in total. The summed E-state index contributed by atoms with van der Waals surface area (Å²) in [5, 5.41) is 0. The van der Waals surface area contributed by atoms with Gasteiger partial charge in [-0.15, -0.1) is 0 Å². The fourth-order valence-electron chi connectivity index (χ4n) is 1.70. The number of ether oxygens (including phenoxy) is 3. The van der Waals surface area contributed by atoms with Gasteiger partial charge >= 0.3 is 0 Å². The summed E-state index contributed by atoms with van der Waals surface area (Å²) in [7, 11) is 0. The Morgan fingerprint density at radius 2 is 1.45 bits per heavy atom. The first-order valence-electron chi connectivity index (χ1n) is 7.98. The number of aryl methyl sites for hydroxylation is 1. The highest BCUT2D eigenvalue weighted by Crippen LogP contribution is 2.19. The van der Waals surface area contributed by atoms with Crippen molar-refractivity contribution in [2.75, 3.05) is 19.8 Å². The van der Waals surface area contributed by atoms with Crippen LogP contribution in [0, 0.1) is 17.8 Å². The Labute approximate surface area is 136 Å². The van der Waals surface area contributed by atoms with Crippen molar-refractivity contribution < 1.29 is 14.2 Å². The van der Waals surface area contributed by atoms with E-state index in [9.17, 15) is 0 Å². The van der Waals surface area contributed by atoms with E-state index in [-0.39, 0.29) is 17.1 Å². The molecule has 0 unspecified atom stereocenters. The Hall–Kier alpha value is -1.06. The second-order valence-electron chi connectivity index (χ2n) is 8.30. The molecule has 0 N–H and O–H groups in total. The highest BCUT2D eigenvalue weighted by Gasteiger charge is 2.20. The fourth-order valence-corrected chi connectivity index (χ4v) is 1.70. The number of rotatable bonds is 7. The smallest absolute Gasteiger partial charge is 0.191 e. The van der Waals surface area contributed by atoms with Crippen LogP contribution in [0.25, 0.3) is 0 Å². The predicted molar refractivity (Wildman–Crippen MR) is 91.3 cm³/mol. The maximum Gasteiger partial charge on any atom is 0.191 e. The molecule has 0 saturated carbocycles. The van der Waals surface area contributed by atoms with Crippen molar-refractivity contribution in [1.29, 1.82) is 0 Å². The van der Waals surface area contributed by atoms with Crippen molar-refractivity contribution in [2.45, 2.75) is 54.8 Å². The number of hydrogen-bond acceptors (Lipinski definition) is 3. The molecule has 0 aromatic heterocycles. The van der Waals surface area contributed by atoms with Crippen LogP contribution in [0.3, 0.4) is 0 Å². The van der Waals surface area contributed by atoms with Gasteiger partial charge in [0.2, 0.25) is 0 Å². The molecular formula is C19H32O3. The Bertz CT molecular complexity index is 423. The van der Waals surface area contributed by atoms with Crippen LogP contribution >= 0.6 is 0 Å². The van der Waals surface area contributed by atoms with Crippen molar-refractivity contribution in [1.82, 2.24) is 0 Å². The molecule has 0 bridgehead atoms. The summed E-state index contributed by atoms with van der Waals surface area (Å²) in [6.07, 6.45) is -0.348. The Kier molecular flexibility index (Phi) is 6.89. The van der Waals surface area contributed by atoms with Crippen LogP contribution in [0.1, 0.15) is 47.1 Å². The standard InChI is InChI=1S/C19H32O3/c1-15-9-8-10-16(11-15)20-12-17(21-13-18(2,3)4)22-14-19(5,6)7/h8-11,17H,12-14H2,1-7H3. The SMILES string of the molecule is Cc1cccc(OCC(OCC(C)(C)C)OCC(C)(C)C)c1. The summed E-state index contributed by atoms with van der Waals surface area (Å²) in [5.41, 5.74) is 1.39. The third-order valence-corrected chi connectivity index (χ3v) is 2.78. The summed E-state index contributed by atoms with van der Waals surface area (Å²) >= 11 is 0. The fraction of sp³-hybridized carbons (Fsp3) is 0.684. The van der Waals surface area contributed by atoms with Gasteiger partial charge in [-0.25, -0.2) is 0 Å². The van der Waals surface area contributed by atoms with Crippen molar-refractivity contribution in [3.63, 3.8) is 0 Å². The van der Waals surface area contributed by atoms with Gasteiger partial charge in [0.15, 0.2) is 6.29 Å². The molecular weight excluding hydrogens is 276 g/mol. The van der Waals surface area contributed by atoms with Gasteiger partial charge in [0.1, 0.15) is 12.4 Å². The van der Waals surface area contributed by atoms with Crippen LogP contribution in [-0.4, -0.2) is 26.1 Å². The zero-order valence-electron chi connectivity index (χ0n) is 15.2. The molecule has 0 heterocycles. The highest BCUT2D eigenvalue weighted by atomic mass is 16.7. The predicted octanol–water partition coefficient (Wildman–Crippen LogP) is 4.83. The Morgan fingerprint density at radius 1 is 0.909 bits per heavy atom. The third kappa shape index (κ3) is 9.06. The molecule has 0 atom stereocenters. The highest BCUT2D eigenvalue weighted by molar-refractivity contribution is 5.27. The molecule has 0 fully saturated rings. The molecule has 1 aromatic rings. The van der Waals surface area contributed by atoms with Gasteiger partial charge in [0, 0.05) is 0 Å². The monoisotopic (exact) mass is 308 g/mol. The van der Waals surface area contributed by atoms with Crippen molar-refractivity contribution in [3.05, 3.63) is 29.8 Å². The molecule has 22 heavy (non-hydrogen) atoms. The minimum Gasteiger partial charge on any atom is -0.488 e. The molecule has 126 valence electrons. The zero-order chi connectivity index (χ0) is 16.8. The van der Waals surface area contributed by atoms with Gasteiger partial charge in [0.05, 0.1) is 13.2 Å². The van der Waals surface area contributed by atoms with Gasteiger partial charge in [0.25, 0.3) is 0 Å². The first-order valence-corrected chi connectivity index (χ1v) is 7.98. The lowest BCUT2D eigenvalue weighted by atomic mass is 9.98. The molecule has 0 radical (unpaired) electrons. The largest absolute Gasteiger partial charge is 0.488 e. The second-order valence-corrected chi connectivity index (χ2v) is 8.30. The van der Waals surface area contributed by atoms with E-state index in [2.05, 4.69) is 54.5 Å². The molecule has 1 aromatic carbocycles. The van der Waals surface area contributed by atoms with Crippen LogP contribution in [0.4, 0.5) is 0 Å². The average Bonchev–Trinajstić information content (AvgIpc) is 2.35. The van der Waals surface area contributed by atoms with E-state index < -0.39 is 0 Å². The van der Waals surface area contributed by atoms with E-state index >= 15 is 0 Å². The van der Waals surface area contributed by atoms with E-state index in [1.165, 1.54) is 5.56 Å². The molecule has 0 amide bonds. The van der Waals surface area contributed by atoms with Crippen LogP contribution in [0.15, 0.2) is 24.3 Å². The maximum absolute atomic E-state index is 5.91. The van der Waals surface area contributed by atoms with Gasteiger partial charge in [-0.1, -0.05) is 53.7 Å². The van der Waals surface area contributed by atoms with Crippen LogP contribution in [0.2, 0.25) is 0 Å². The third-order valence-electron chi connectivity index (χ3n) is 2.78. The van der Waals surface area contributed by atoms with E-state index in [1.807, 2.05) is 18.2 Å². The van der Waals surface area contributed by atoms with Crippen LogP contribution < -0.4 is 4.74 Å². The number of benzene rings is 1. The molecule has 0 spiro atoms. The number of hydrogen-bond donors (Lipinski definition) is 0. The molecule has 0 aliphatic rings. The minimum atomic E-state index is -0.348. The molecule has 0 aliphatic carbocycles. The van der Waals surface area contributed by atoms with Gasteiger partial charge in [-0.2, -0.15) is 0 Å². The first kappa shape index (κ1) is 19.0. The van der Waals surface area contributed by atoms with E-state index in [1.54, 1.807) is 0 Å². The zero-order valence-corrected chi connectivity index (χ0v) is 15.2. The summed E-state index contributed by atoms with van der Waals surface area (Å²) in [4.78, 5) is 0. The topological polar surface area (TPSA) is 27.7 Å². The van der Waals surface area contributed by atoms with Gasteiger partial charge in [-0.3, -0.25) is 0 Å². The van der Waals surface area contributed by atoms with E-state index in [0.717, 1.165) is 5.75 Å². The van der Waals surface area contributed by atoms with Crippen LogP contribution in [0.5, 0.6) is 5.75 Å². The Morgan fingerprint density at radius 3 is 1.91 bits per heavy atom. The van der Waals surface area contributed by atoms with Crippen molar-refractivity contribution >= 4 is 0 Å².